The Morgan fingerprint density at radius 1 is 1.53 bits per heavy atom. The van der Waals surface area contributed by atoms with Gasteiger partial charge in [-0.1, -0.05) is 13.8 Å². The maximum absolute atomic E-state index is 11.3. The molecule has 1 aromatic heterocycles. The Morgan fingerprint density at radius 3 is 2.93 bits per heavy atom. The number of amides is 1. The first-order valence-electron chi connectivity index (χ1n) is 5.14. The minimum Gasteiger partial charge on any atom is -0.353 e. The number of nitrogens with one attached hydrogen (secondary N) is 2. The van der Waals surface area contributed by atoms with E-state index in [9.17, 15) is 4.79 Å². The van der Waals surface area contributed by atoms with Crippen LogP contribution < -0.4 is 10.6 Å². The molecule has 0 aromatic carbocycles. The standard InChI is InChI=1S/C10H18N4O/c1-9(2)13-7-10(15)12-4-6-14-5-3-11-8-14/h3,5,8-9,13H,4,6-7H2,1-2H3,(H,12,15). The molecule has 1 aromatic rings. The van der Waals surface area contributed by atoms with Gasteiger partial charge in [0.2, 0.25) is 5.91 Å². The maximum atomic E-state index is 11.3. The van der Waals surface area contributed by atoms with Crippen LogP contribution in [0.3, 0.4) is 0 Å². The van der Waals surface area contributed by atoms with Crippen molar-refractivity contribution in [2.24, 2.45) is 0 Å². The number of carbonyl (C=O) groups excluding carboxylic acids is 1. The third-order valence-electron chi connectivity index (χ3n) is 1.92. The van der Waals surface area contributed by atoms with Gasteiger partial charge in [0.05, 0.1) is 12.9 Å². The number of carbonyl (C=O) groups is 1. The molecule has 0 radical (unpaired) electrons. The summed E-state index contributed by atoms with van der Waals surface area (Å²) in [6, 6.07) is 0.337. The molecule has 1 amide bonds. The molecular formula is C10H18N4O. The highest BCUT2D eigenvalue weighted by Crippen LogP contribution is 1.83. The van der Waals surface area contributed by atoms with Crippen molar-refractivity contribution >= 4 is 5.91 Å². The monoisotopic (exact) mass is 210 g/mol. The van der Waals surface area contributed by atoms with E-state index in [4.69, 9.17) is 0 Å². The van der Waals surface area contributed by atoms with E-state index in [1.807, 2.05) is 24.6 Å². The van der Waals surface area contributed by atoms with Crippen molar-refractivity contribution in [3.63, 3.8) is 0 Å². The van der Waals surface area contributed by atoms with Crippen LogP contribution in [-0.2, 0) is 11.3 Å². The molecule has 0 atom stereocenters. The van der Waals surface area contributed by atoms with Gasteiger partial charge in [-0.2, -0.15) is 0 Å². The normalized spacial score (nSPS) is 10.6. The summed E-state index contributed by atoms with van der Waals surface area (Å²) < 4.78 is 1.93. The molecule has 15 heavy (non-hydrogen) atoms. The lowest BCUT2D eigenvalue weighted by atomic mass is 10.4. The molecule has 84 valence electrons. The molecule has 0 aliphatic rings. The van der Waals surface area contributed by atoms with Crippen molar-refractivity contribution in [2.75, 3.05) is 13.1 Å². The fraction of sp³-hybridized carbons (Fsp3) is 0.600. The summed E-state index contributed by atoms with van der Waals surface area (Å²) >= 11 is 0. The van der Waals surface area contributed by atoms with Crippen LogP contribution >= 0.6 is 0 Å². The second-order valence-corrected chi connectivity index (χ2v) is 3.69. The molecule has 2 N–H and O–H groups in total. The van der Waals surface area contributed by atoms with Crippen LogP contribution in [-0.4, -0.2) is 34.6 Å². The third-order valence-corrected chi connectivity index (χ3v) is 1.92. The van der Waals surface area contributed by atoms with Crippen molar-refractivity contribution < 1.29 is 4.79 Å². The van der Waals surface area contributed by atoms with E-state index in [0.29, 0.717) is 19.1 Å². The van der Waals surface area contributed by atoms with Crippen LogP contribution in [0.25, 0.3) is 0 Å². The lowest BCUT2D eigenvalue weighted by Gasteiger charge is -2.08. The van der Waals surface area contributed by atoms with Crippen molar-refractivity contribution in [3.8, 4) is 0 Å². The number of rotatable bonds is 6. The van der Waals surface area contributed by atoms with Crippen LogP contribution in [0.1, 0.15) is 13.8 Å². The summed E-state index contributed by atoms with van der Waals surface area (Å²) in [6.45, 7) is 5.79. The maximum Gasteiger partial charge on any atom is 0.234 e. The first-order chi connectivity index (χ1) is 7.18. The Hall–Kier alpha value is -1.36. The smallest absolute Gasteiger partial charge is 0.234 e. The molecule has 0 aliphatic heterocycles. The molecular weight excluding hydrogens is 192 g/mol. The lowest BCUT2D eigenvalue weighted by molar-refractivity contribution is -0.120. The van der Waals surface area contributed by atoms with Gasteiger partial charge in [0.1, 0.15) is 0 Å². The fourth-order valence-electron chi connectivity index (χ4n) is 1.10. The Morgan fingerprint density at radius 2 is 2.33 bits per heavy atom. The molecule has 0 fully saturated rings. The van der Waals surface area contributed by atoms with E-state index >= 15 is 0 Å². The molecule has 0 saturated carbocycles. The quantitative estimate of drug-likeness (QED) is 0.694. The first kappa shape index (κ1) is 11.7. The van der Waals surface area contributed by atoms with Gasteiger partial charge in [0, 0.05) is 31.5 Å². The third kappa shape index (κ3) is 5.17. The van der Waals surface area contributed by atoms with Gasteiger partial charge in [-0.05, 0) is 0 Å². The Labute approximate surface area is 89.9 Å². The Balaban J connectivity index is 2.07. The second-order valence-electron chi connectivity index (χ2n) is 3.69. The van der Waals surface area contributed by atoms with Crippen molar-refractivity contribution in [2.45, 2.75) is 26.4 Å². The first-order valence-corrected chi connectivity index (χ1v) is 5.14. The second kappa shape index (κ2) is 6.19. The molecule has 0 bridgehead atoms. The van der Waals surface area contributed by atoms with Crippen molar-refractivity contribution in [3.05, 3.63) is 18.7 Å². The zero-order valence-electron chi connectivity index (χ0n) is 9.23. The van der Waals surface area contributed by atoms with Crippen LogP contribution in [0.4, 0.5) is 0 Å². The summed E-state index contributed by atoms with van der Waals surface area (Å²) in [5.41, 5.74) is 0. The molecule has 1 rings (SSSR count). The zero-order valence-corrected chi connectivity index (χ0v) is 9.23. The number of imidazole rings is 1. The van der Waals surface area contributed by atoms with E-state index in [2.05, 4.69) is 15.6 Å². The van der Waals surface area contributed by atoms with Gasteiger partial charge in [-0.15, -0.1) is 0 Å². The summed E-state index contributed by atoms with van der Waals surface area (Å²) in [4.78, 5) is 15.2. The van der Waals surface area contributed by atoms with E-state index in [1.54, 1.807) is 12.5 Å². The number of hydrogen-bond acceptors (Lipinski definition) is 3. The van der Waals surface area contributed by atoms with Gasteiger partial charge < -0.3 is 15.2 Å². The van der Waals surface area contributed by atoms with Crippen LogP contribution in [0.15, 0.2) is 18.7 Å². The molecule has 0 saturated heterocycles. The summed E-state index contributed by atoms with van der Waals surface area (Å²) in [7, 11) is 0. The zero-order chi connectivity index (χ0) is 11.1. The number of aromatic nitrogens is 2. The molecule has 0 aliphatic carbocycles. The van der Waals surface area contributed by atoms with Crippen molar-refractivity contribution in [1.82, 2.24) is 20.2 Å². The van der Waals surface area contributed by atoms with E-state index < -0.39 is 0 Å². The number of hydrogen-bond donors (Lipinski definition) is 2. The Kier molecular flexibility index (Phi) is 4.83. The van der Waals surface area contributed by atoms with E-state index in [1.165, 1.54) is 0 Å². The highest BCUT2D eigenvalue weighted by Gasteiger charge is 2.00. The summed E-state index contributed by atoms with van der Waals surface area (Å²) in [6.07, 6.45) is 5.33. The molecule has 0 spiro atoms. The van der Waals surface area contributed by atoms with Gasteiger partial charge in [-0.3, -0.25) is 4.79 Å². The van der Waals surface area contributed by atoms with Crippen LogP contribution in [0.5, 0.6) is 0 Å². The van der Waals surface area contributed by atoms with Gasteiger partial charge in [0.25, 0.3) is 0 Å². The molecule has 0 unspecified atom stereocenters. The molecule has 1 heterocycles. The predicted molar refractivity (Wildman–Crippen MR) is 58.4 cm³/mol. The topological polar surface area (TPSA) is 59.0 Å². The highest BCUT2D eigenvalue weighted by atomic mass is 16.1. The van der Waals surface area contributed by atoms with Crippen LogP contribution in [0.2, 0.25) is 0 Å². The lowest BCUT2D eigenvalue weighted by Crippen LogP contribution is -2.38. The van der Waals surface area contributed by atoms with Gasteiger partial charge in [-0.25, -0.2) is 4.98 Å². The minimum absolute atomic E-state index is 0.0313. The van der Waals surface area contributed by atoms with Crippen LogP contribution in [0, 0.1) is 0 Å². The van der Waals surface area contributed by atoms with E-state index in [-0.39, 0.29) is 5.91 Å². The summed E-state index contributed by atoms with van der Waals surface area (Å²) in [5, 5.41) is 5.88. The van der Waals surface area contributed by atoms with Gasteiger partial charge in [0.15, 0.2) is 0 Å². The number of nitrogens with zero attached hydrogens (tertiary/aromatic N) is 2. The Bertz CT molecular complexity index is 282. The summed E-state index contributed by atoms with van der Waals surface area (Å²) in [5.74, 6) is 0.0313. The highest BCUT2D eigenvalue weighted by molar-refractivity contribution is 5.77. The van der Waals surface area contributed by atoms with E-state index in [0.717, 1.165) is 6.54 Å². The average Bonchev–Trinajstić information content (AvgIpc) is 2.67. The predicted octanol–water partition coefficient (Wildman–Crippen LogP) is -0.00270. The SMILES string of the molecule is CC(C)NCC(=O)NCCn1ccnc1. The van der Waals surface area contributed by atoms with Gasteiger partial charge >= 0.3 is 0 Å². The minimum atomic E-state index is 0.0313. The molecule has 5 nitrogen and oxygen atoms in total. The van der Waals surface area contributed by atoms with Crippen molar-refractivity contribution in [1.29, 1.82) is 0 Å². The molecule has 5 heteroatoms. The fourth-order valence-corrected chi connectivity index (χ4v) is 1.10. The average molecular weight is 210 g/mol. The largest absolute Gasteiger partial charge is 0.353 e.